The largest absolute Gasteiger partial charge is 0.467 e. The molecule has 1 fully saturated rings. The minimum atomic E-state index is -3.12. The van der Waals surface area contributed by atoms with Gasteiger partial charge in [0.15, 0.2) is 22.6 Å². The van der Waals surface area contributed by atoms with E-state index >= 15 is 0 Å². The molecule has 0 amide bonds. The highest BCUT2D eigenvalue weighted by Crippen LogP contribution is 2.30. The van der Waals surface area contributed by atoms with E-state index in [1.807, 2.05) is 11.8 Å². The van der Waals surface area contributed by atoms with Gasteiger partial charge in [-0.25, -0.2) is 12.8 Å². The molecule has 2 aliphatic rings. The lowest BCUT2D eigenvalue weighted by Gasteiger charge is -2.39. The Kier molecular flexibility index (Phi) is 8.14. The van der Waals surface area contributed by atoms with Gasteiger partial charge < -0.3 is 19.7 Å². The van der Waals surface area contributed by atoms with Crippen molar-refractivity contribution in [2.24, 2.45) is 4.99 Å². The van der Waals surface area contributed by atoms with E-state index in [-0.39, 0.29) is 42.3 Å². The van der Waals surface area contributed by atoms with Crippen molar-refractivity contribution >= 4 is 39.8 Å². The average Bonchev–Trinajstić information content (AvgIpc) is 2.63. The lowest BCUT2D eigenvalue weighted by atomic mass is 10.1. The van der Waals surface area contributed by atoms with Gasteiger partial charge in [-0.2, -0.15) is 0 Å². The molecule has 164 valence electrons. The van der Waals surface area contributed by atoms with Gasteiger partial charge in [-0.1, -0.05) is 0 Å². The van der Waals surface area contributed by atoms with Gasteiger partial charge >= 0.3 is 0 Å². The number of guanidine groups is 1. The van der Waals surface area contributed by atoms with Gasteiger partial charge in [0.1, 0.15) is 11.6 Å². The van der Waals surface area contributed by atoms with E-state index in [1.165, 1.54) is 12.1 Å². The van der Waals surface area contributed by atoms with Crippen LogP contribution in [0.1, 0.15) is 31.9 Å². The molecular formula is C19H29FIN3O4S. The van der Waals surface area contributed by atoms with Gasteiger partial charge in [0, 0.05) is 31.7 Å². The van der Waals surface area contributed by atoms with Crippen LogP contribution >= 0.6 is 24.0 Å². The first-order valence-electron chi connectivity index (χ1n) is 9.51. The van der Waals surface area contributed by atoms with E-state index in [4.69, 9.17) is 9.47 Å². The van der Waals surface area contributed by atoms with E-state index in [0.29, 0.717) is 56.5 Å². The summed E-state index contributed by atoms with van der Waals surface area (Å²) in [7, 11) is -3.12. The average molecular weight is 541 g/mol. The maximum Gasteiger partial charge on any atom is 0.194 e. The Hall–Kier alpha value is -1.14. The fraction of sp³-hybridized carbons (Fsp3) is 0.632. The van der Waals surface area contributed by atoms with Crippen LogP contribution in [0.3, 0.4) is 0 Å². The monoisotopic (exact) mass is 541 g/mol. The quantitative estimate of drug-likeness (QED) is 0.358. The number of aliphatic imine (C=N–C) groups is 1. The molecule has 0 spiro atoms. The zero-order chi connectivity index (χ0) is 20.4. The Morgan fingerprint density at radius 3 is 2.83 bits per heavy atom. The number of rotatable bonds is 4. The number of ether oxygens (including phenoxy) is 2. The molecule has 0 radical (unpaired) electrons. The Morgan fingerprint density at radius 1 is 1.38 bits per heavy atom. The van der Waals surface area contributed by atoms with E-state index in [0.717, 1.165) is 5.56 Å². The molecule has 10 heteroatoms. The van der Waals surface area contributed by atoms with Gasteiger partial charge in [-0.3, -0.25) is 4.99 Å². The van der Waals surface area contributed by atoms with Crippen molar-refractivity contribution in [1.29, 1.82) is 0 Å². The topological polar surface area (TPSA) is 80.2 Å². The van der Waals surface area contributed by atoms with Crippen molar-refractivity contribution in [3.8, 4) is 5.75 Å². The van der Waals surface area contributed by atoms with Crippen LogP contribution in [0.25, 0.3) is 0 Å². The van der Waals surface area contributed by atoms with Gasteiger partial charge in [-0.05, 0) is 44.9 Å². The lowest BCUT2D eigenvalue weighted by molar-refractivity contribution is -0.0172. The molecule has 0 unspecified atom stereocenters. The Bertz CT molecular complexity index is 861. The molecule has 29 heavy (non-hydrogen) atoms. The highest BCUT2D eigenvalue weighted by Gasteiger charge is 2.40. The Morgan fingerprint density at radius 2 is 2.14 bits per heavy atom. The van der Waals surface area contributed by atoms with Crippen LogP contribution < -0.4 is 10.1 Å². The van der Waals surface area contributed by atoms with Gasteiger partial charge in [0.05, 0.1) is 17.1 Å². The van der Waals surface area contributed by atoms with Crippen LogP contribution in [0.4, 0.5) is 4.39 Å². The molecule has 0 saturated carbocycles. The molecule has 0 bridgehead atoms. The van der Waals surface area contributed by atoms with Crippen LogP contribution in [-0.4, -0.2) is 62.7 Å². The second-order valence-corrected chi connectivity index (χ2v) is 10.4. The third-order valence-corrected chi connectivity index (χ3v) is 7.61. The van der Waals surface area contributed by atoms with Gasteiger partial charge in [0.2, 0.25) is 0 Å². The molecule has 0 aliphatic carbocycles. The highest BCUT2D eigenvalue weighted by atomic mass is 127. The van der Waals surface area contributed by atoms with Crippen molar-refractivity contribution < 1.29 is 22.3 Å². The van der Waals surface area contributed by atoms with E-state index in [1.54, 1.807) is 13.8 Å². The third-order valence-electron chi connectivity index (χ3n) is 5.07. The molecule has 0 atom stereocenters. The van der Waals surface area contributed by atoms with E-state index in [9.17, 15) is 12.8 Å². The predicted octanol–water partition coefficient (Wildman–Crippen LogP) is 2.33. The summed E-state index contributed by atoms with van der Waals surface area (Å²) in [6.45, 7) is 7.87. The normalized spacial score (nSPS) is 20.3. The summed E-state index contributed by atoms with van der Waals surface area (Å²) in [5.41, 5.74) is 1.47. The third kappa shape index (κ3) is 5.52. The molecule has 7 nitrogen and oxygen atoms in total. The second-order valence-electron chi connectivity index (χ2n) is 7.65. The zero-order valence-corrected chi connectivity index (χ0v) is 20.2. The molecule has 3 rings (SSSR count). The first kappa shape index (κ1) is 24.1. The number of sulfone groups is 1. The summed E-state index contributed by atoms with van der Waals surface area (Å²) in [6.07, 6.45) is 0.518. The number of nitrogens with one attached hydrogen (secondary N) is 1. The SMILES string of the molecule is CCNC(=NCCc1cc(F)cc2c1OCOC2)N1CCS(=O)(=O)C(C)(C)C1.I. The molecule has 1 aromatic rings. The fourth-order valence-electron chi connectivity index (χ4n) is 3.47. The molecule has 1 N–H and O–H groups in total. The summed E-state index contributed by atoms with van der Waals surface area (Å²) in [4.78, 5) is 6.63. The summed E-state index contributed by atoms with van der Waals surface area (Å²) >= 11 is 0. The molecule has 1 saturated heterocycles. The van der Waals surface area contributed by atoms with Gasteiger partial charge in [-0.15, -0.1) is 24.0 Å². The van der Waals surface area contributed by atoms with Crippen LogP contribution in [-0.2, 0) is 27.6 Å². The van der Waals surface area contributed by atoms with Gasteiger partial charge in [0.25, 0.3) is 0 Å². The Balaban J connectivity index is 0.00000300. The predicted molar refractivity (Wildman–Crippen MR) is 121 cm³/mol. The maximum atomic E-state index is 13.9. The minimum absolute atomic E-state index is 0. The van der Waals surface area contributed by atoms with Crippen molar-refractivity contribution in [1.82, 2.24) is 10.2 Å². The van der Waals surface area contributed by atoms with Crippen LogP contribution in [0.2, 0.25) is 0 Å². The molecule has 2 aliphatic heterocycles. The Labute approximate surface area is 189 Å². The fourth-order valence-corrected chi connectivity index (χ4v) is 4.84. The van der Waals surface area contributed by atoms with Crippen molar-refractivity contribution in [3.63, 3.8) is 0 Å². The summed E-state index contributed by atoms with van der Waals surface area (Å²) < 4.78 is 48.3. The second kappa shape index (κ2) is 9.78. The number of fused-ring (bicyclic) bond motifs is 1. The van der Waals surface area contributed by atoms with Crippen molar-refractivity contribution in [2.45, 2.75) is 38.5 Å². The highest BCUT2D eigenvalue weighted by molar-refractivity contribution is 14.0. The lowest BCUT2D eigenvalue weighted by Crippen LogP contribution is -2.57. The molecule has 2 heterocycles. The van der Waals surface area contributed by atoms with Crippen LogP contribution in [0, 0.1) is 5.82 Å². The first-order valence-corrected chi connectivity index (χ1v) is 11.2. The summed E-state index contributed by atoms with van der Waals surface area (Å²) in [5, 5.41) is 3.23. The smallest absolute Gasteiger partial charge is 0.194 e. The molecule has 1 aromatic carbocycles. The maximum absolute atomic E-state index is 13.9. The minimum Gasteiger partial charge on any atom is -0.467 e. The van der Waals surface area contributed by atoms with Crippen molar-refractivity contribution in [3.05, 3.63) is 29.1 Å². The first-order chi connectivity index (χ1) is 13.2. The number of halogens is 2. The summed E-state index contributed by atoms with van der Waals surface area (Å²) in [6, 6.07) is 2.91. The molecular weight excluding hydrogens is 512 g/mol. The van der Waals surface area contributed by atoms with E-state index < -0.39 is 14.6 Å². The number of hydrogen-bond donors (Lipinski definition) is 1. The van der Waals surface area contributed by atoms with Crippen LogP contribution in [0.15, 0.2) is 17.1 Å². The standard InChI is InChI=1S/C19H28FN3O4S.HI/c1-4-21-18(23-7-8-28(24,25)19(2,3)12-23)22-6-5-14-9-16(20)10-15-11-26-13-27-17(14)15;/h9-10H,4-8,11-13H2,1-3H3,(H,21,22);1H. The number of benzene rings is 1. The molecule has 0 aromatic heterocycles. The number of nitrogens with zero attached hydrogens (tertiary/aromatic N) is 2. The number of hydrogen-bond acceptors (Lipinski definition) is 5. The van der Waals surface area contributed by atoms with Crippen LogP contribution in [0.5, 0.6) is 5.75 Å². The van der Waals surface area contributed by atoms with Crippen molar-refractivity contribution in [2.75, 3.05) is 38.7 Å². The van der Waals surface area contributed by atoms with E-state index in [2.05, 4.69) is 10.3 Å². The summed E-state index contributed by atoms with van der Waals surface area (Å²) in [5.74, 6) is 1.15. The zero-order valence-electron chi connectivity index (χ0n) is 17.0.